The van der Waals surface area contributed by atoms with Crippen LogP contribution in [0.4, 0.5) is 5.69 Å². The van der Waals surface area contributed by atoms with Crippen molar-refractivity contribution in [3.8, 4) is 5.75 Å². The van der Waals surface area contributed by atoms with E-state index < -0.39 is 12.1 Å². The zero-order chi connectivity index (χ0) is 19.1. The minimum absolute atomic E-state index is 0.300. The molecule has 0 aromatic heterocycles. The second-order valence-electron chi connectivity index (χ2n) is 6.83. The molecular weight excluding hydrogens is 344 g/mol. The number of anilines is 1. The zero-order valence-corrected chi connectivity index (χ0v) is 15.4. The highest BCUT2D eigenvalue weighted by atomic mass is 16.5. The highest BCUT2D eigenvalue weighted by Crippen LogP contribution is 2.33. The van der Waals surface area contributed by atoms with Gasteiger partial charge in [0.05, 0.1) is 19.3 Å². The predicted octanol–water partition coefficient (Wildman–Crippen LogP) is 2.81. The van der Waals surface area contributed by atoms with Crippen molar-refractivity contribution in [1.82, 2.24) is 5.01 Å². The molecule has 2 amide bonds. The maximum Gasteiger partial charge on any atom is 0.263 e. The fourth-order valence-electron chi connectivity index (χ4n) is 3.48. The monoisotopic (exact) mass is 364 g/mol. The summed E-state index contributed by atoms with van der Waals surface area (Å²) in [6.07, 6.45) is 0. The summed E-state index contributed by atoms with van der Waals surface area (Å²) in [6.45, 7) is 4.48. The quantitative estimate of drug-likeness (QED) is 0.782. The Morgan fingerprint density at radius 2 is 1.78 bits per heavy atom. The first kappa shape index (κ1) is 17.2. The summed E-state index contributed by atoms with van der Waals surface area (Å²) in [5.41, 5.74) is 3.83. The average molecular weight is 364 g/mol. The number of fused-ring (bicyclic) bond motifs is 1. The SMILES string of the molecule is COc1ccc(N2C(=O)[C@@H]3[C@@H](N=NN3Cc3cc(C)ccc3C)C2=O)cc1. The molecule has 0 spiro atoms. The number of hydrogen-bond donors (Lipinski definition) is 0. The van der Waals surface area contributed by atoms with Gasteiger partial charge in [0.15, 0.2) is 12.1 Å². The molecule has 2 aliphatic heterocycles. The number of hydrogen-bond acceptors (Lipinski definition) is 6. The van der Waals surface area contributed by atoms with Crippen LogP contribution in [-0.4, -0.2) is 36.0 Å². The highest BCUT2D eigenvalue weighted by molar-refractivity contribution is 6.25. The molecule has 2 atom stereocenters. The number of amides is 2. The molecule has 4 rings (SSSR count). The van der Waals surface area contributed by atoms with Crippen molar-refractivity contribution in [1.29, 1.82) is 0 Å². The lowest BCUT2D eigenvalue weighted by atomic mass is 10.0. The van der Waals surface area contributed by atoms with E-state index in [1.165, 1.54) is 4.90 Å². The molecule has 0 radical (unpaired) electrons. The third-order valence-electron chi connectivity index (χ3n) is 5.03. The molecular formula is C20H20N4O3. The van der Waals surface area contributed by atoms with Crippen molar-refractivity contribution in [3.05, 3.63) is 59.2 Å². The topological polar surface area (TPSA) is 74.6 Å². The van der Waals surface area contributed by atoms with Crippen molar-refractivity contribution in [2.45, 2.75) is 32.5 Å². The Kier molecular flexibility index (Phi) is 4.14. The van der Waals surface area contributed by atoms with Crippen LogP contribution in [0.3, 0.4) is 0 Å². The fourth-order valence-corrected chi connectivity index (χ4v) is 3.48. The number of carbonyl (C=O) groups is 2. The summed E-state index contributed by atoms with van der Waals surface area (Å²) in [7, 11) is 1.57. The van der Waals surface area contributed by atoms with Gasteiger partial charge < -0.3 is 4.74 Å². The fraction of sp³-hybridized carbons (Fsp3) is 0.300. The molecule has 1 fully saturated rings. The van der Waals surface area contributed by atoms with Crippen LogP contribution in [0.2, 0.25) is 0 Å². The first-order chi connectivity index (χ1) is 13.0. The first-order valence-electron chi connectivity index (χ1n) is 8.75. The van der Waals surface area contributed by atoms with Crippen LogP contribution in [-0.2, 0) is 16.1 Å². The Morgan fingerprint density at radius 1 is 1.04 bits per heavy atom. The van der Waals surface area contributed by atoms with Crippen molar-refractivity contribution in [2.75, 3.05) is 12.0 Å². The number of rotatable bonds is 4. The summed E-state index contributed by atoms with van der Waals surface area (Å²) >= 11 is 0. The molecule has 2 aliphatic rings. The minimum Gasteiger partial charge on any atom is -0.497 e. The second kappa shape index (κ2) is 6.50. The normalized spacial score (nSPS) is 21.1. The van der Waals surface area contributed by atoms with Crippen LogP contribution in [0.25, 0.3) is 0 Å². The molecule has 0 bridgehead atoms. The van der Waals surface area contributed by atoms with Crippen LogP contribution in [0.1, 0.15) is 16.7 Å². The average Bonchev–Trinajstić information content (AvgIpc) is 3.18. The van der Waals surface area contributed by atoms with Crippen molar-refractivity contribution < 1.29 is 14.3 Å². The molecule has 7 heteroatoms. The molecule has 0 N–H and O–H groups in total. The molecule has 7 nitrogen and oxygen atoms in total. The van der Waals surface area contributed by atoms with Crippen LogP contribution in [0, 0.1) is 13.8 Å². The number of aryl methyl sites for hydroxylation is 2. The third kappa shape index (κ3) is 2.85. The van der Waals surface area contributed by atoms with E-state index in [4.69, 9.17) is 4.74 Å². The van der Waals surface area contributed by atoms with Crippen molar-refractivity contribution in [3.63, 3.8) is 0 Å². The lowest BCUT2D eigenvalue weighted by Crippen LogP contribution is -2.39. The highest BCUT2D eigenvalue weighted by Gasteiger charge is 2.54. The van der Waals surface area contributed by atoms with E-state index >= 15 is 0 Å². The Balaban J connectivity index is 1.60. The lowest BCUT2D eigenvalue weighted by Gasteiger charge is -2.21. The third-order valence-corrected chi connectivity index (χ3v) is 5.03. The van der Waals surface area contributed by atoms with Gasteiger partial charge in [0, 0.05) is 0 Å². The smallest absolute Gasteiger partial charge is 0.263 e. The summed E-state index contributed by atoms with van der Waals surface area (Å²) in [5.74, 6) is 0.0159. The van der Waals surface area contributed by atoms with Gasteiger partial charge in [0.1, 0.15) is 5.75 Å². The molecule has 0 saturated carbocycles. The van der Waals surface area contributed by atoms with Gasteiger partial charge in [0.2, 0.25) is 0 Å². The van der Waals surface area contributed by atoms with E-state index in [9.17, 15) is 9.59 Å². The zero-order valence-electron chi connectivity index (χ0n) is 15.4. The number of imide groups is 1. The van der Waals surface area contributed by atoms with Gasteiger partial charge in [-0.25, -0.2) is 4.90 Å². The Bertz CT molecular complexity index is 939. The van der Waals surface area contributed by atoms with E-state index in [1.54, 1.807) is 36.4 Å². The van der Waals surface area contributed by atoms with Gasteiger partial charge in [-0.2, -0.15) is 5.11 Å². The van der Waals surface area contributed by atoms with E-state index in [1.807, 2.05) is 26.0 Å². The van der Waals surface area contributed by atoms with Gasteiger partial charge >= 0.3 is 0 Å². The van der Waals surface area contributed by atoms with Crippen LogP contribution < -0.4 is 9.64 Å². The van der Waals surface area contributed by atoms with Gasteiger partial charge in [-0.1, -0.05) is 29.0 Å². The Morgan fingerprint density at radius 3 is 2.48 bits per heavy atom. The summed E-state index contributed by atoms with van der Waals surface area (Å²) < 4.78 is 5.13. The number of ether oxygens (including phenoxy) is 1. The molecule has 2 aromatic carbocycles. The summed E-state index contributed by atoms with van der Waals surface area (Å²) in [4.78, 5) is 27.0. The number of methoxy groups -OCH3 is 1. The van der Waals surface area contributed by atoms with E-state index in [0.29, 0.717) is 18.0 Å². The van der Waals surface area contributed by atoms with E-state index in [2.05, 4.69) is 16.4 Å². The van der Waals surface area contributed by atoms with E-state index in [0.717, 1.165) is 16.7 Å². The molecule has 1 saturated heterocycles. The number of nitrogens with zero attached hydrogens (tertiary/aromatic N) is 4. The standard InChI is InChI=1S/C20H20N4O3/c1-12-4-5-13(2)14(10-12)11-23-18-17(21-22-23)19(25)24(20(18)26)15-6-8-16(27-3)9-7-15/h4-10,17-18H,11H2,1-3H3/t17-,18+/m1/s1. The van der Waals surface area contributed by atoms with Gasteiger partial charge in [-0.15, -0.1) is 0 Å². The molecule has 0 unspecified atom stereocenters. The maximum absolute atomic E-state index is 13.0. The first-order valence-corrected chi connectivity index (χ1v) is 8.75. The van der Waals surface area contributed by atoms with Crippen LogP contribution >= 0.6 is 0 Å². The molecule has 2 heterocycles. The Labute approximate surface area is 157 Å². The summed E-state index contributed by atoms with van der Waals surface area (Å²) in [6, 6.07) is 11.5. The second-order valence-corrected chi connectivity index (χ2v) is 6.83. The number of carbonyl (C=O) groups excluding carboxylic acids is 2. The largest absolute Gasteiger partial charge is 0.497 e. The van der Waals surface area contributed by atoms with Crippen molar-refractivity contribution >= 4 is 17.5 Å². The van der Waals surface area contributed by atoms with Crippen LogP contribution in [0.15, 0.2) is 52.8 Å². The van der Waals surface area contributed by atoms with Gasteiger partial charge in [-0.05, 0) is 49.2 Å². The molecule has 0 aliphatic carbocycles. The molecule has 2 aromatic rings. The predicted molar refractivity (Wildman–Crippen MR) is 99.4 cm³/mol. The lowest BCUT2D eigenvalue weighted by molar-refractivity contribution is -0.123. The van der Waals surface area contributed by atoms with E-state index in [-0.39, 0.29) is 11.8 Å². The molecule has 138 valence electrons. The minimum atomic E-state index is -0.787. The van der Waals surface area contributed by atoms with Gasteiger partial charge in [-0.3, -0.25) is 14.6 Å². The van der Waals surface area contributed by atoms with Crippen LogP contribution in [0.5, 0.6) is 5.75 Å². The number of benzene rings is 2. The maximum atomic E-state index is 13.0. The summed E-state index contributed by atoms with van der Waals surface area (Å²) in [5, 5.41) is 9.82. The molecule has 27 heavy (non-hydrogen) atoms. The van der Waals surface area contributed by atoms with Crippen molar-refractivity contribution in [2.24, 2.45) is 10.3 Å². The Hall–Kier alpha value is -3.22. The van der Waals surface area contributed by atoms with Gasteiger partial charge in [0.25, 0.3) is 11.8 Å².